The van der Waals surface area contributed by atoms with Gasteiger partial charge in [0.2, 0.25) is 5.78 Å². The molecule has 0 amide bonds. The quantitative estimate of drug-likeness (QED) is 0.489. The molecule has 0 saturated heterocycles. The molecular weight excluding hydrogens is 108 g/mol. The van der Waals surface area contributed by atoms with E-state index in [9.17, 15) is 4.79 Å². The minimum atomic E-state index is -0.206. The Hall–Kier alpha value is -1.19. The van der Waals surface area contributed by atoms with Crippen molar-refractivity contribution >= 4 is 5.78 Å². The molecule has 1 rings (SSSR count). The minimum absolute atomic E-state index is 0.0602. The molecule has 1 aromatic heterocycles. The number of hydrogen-bond acceptors (Lipinski definition) is 4. The highest BCUT2D eigenvalue weighted by molar-refractivity contribution is 5.89. The molecule has 0 spiro atoms. The molecule has 0 aromatic carbocycles. The molecule has 1 heterocycles. The first-order valence-corrected chi connectivity index (χ1v) is 2.08. The van der Waals surface area contributed by atoms with Crippen LogP contribution >= 0.6 is 0 Å². The number of ketones is 1. The summed E-state index contributed by atoms with van der Waals surface area (Å²) < 4.78 is 4.38. The Labute approximate surface area is 45.5 Å². The molecule has 0 fully saturated rings. The molecule has 4 nitrogen and oxygen atoms in total. The molecule has 0 aliphatic heterocycles. The largest absolute Gasteiger partial charge is 0.331 e. The average Bonchev–Trinajstić information content (AvgIpc) is 2.12. The minimum Gasteiger partial charge on any atom is -0.331 e. The fourth-order valence-corrected chi connectivity index (χ4v) is 0.328. The van der Waals surface area contributed by atoms with E-state index in [0.29, 0.717) is 0 Å². The fourth-order valence-electron chi connectivity index (χ4n) is 0.328. The van der Waals surface area contributed by atoms with E-state index in [0.717, 1.165) is 0 Å². The van der Waals surface area contributed by atoms with E-state index in [2.05, 4.69) is 14.7 Å². The lowest BCUT2D eigenvalue weighted by Crippen LogP contribution is -1.89. The SMILES string of the molecule is CC(=O)c1ncno1. The van der Waals surface area contributed by atoms with Crippen molar-refractivity contribution in [1.29, 1.82) is 0 Å². The van der Waals surface area contributed by atoms with E-state index in [4.69, 9.17) is 0 Å². The molecule has 0 bridgehead atoms. The second-order valence-corrected chi connectivity index (χ2v) is 1.30. The van der Waals surface area contributed by atoms with Gasteiger partial charge in [-0.2, -0.15) is 4.98 Å². The van der Waals surface area contributed by atoms with Gasteiger partial charge >= 0.3 is 0 Å². The van der Waals surface area contributed by atoms with E-state index < -0.39 is 0 Å². The van der Waals surface area contributed by atoms with Gasteiger partial charge in [0.05, 0.1) is 0 Å². The molecule has 0 aliphatic carbocycles. The zero-order valence-electron chi connectivity index (χ0n) is 4.29. The number of rotatable bonds is 1. The van der Waals surface area contributed by atoms with Gasteiger partial charge in [-0.1, -0.05) is 5.16 Å². The zero-order chi connectivity index (χ0) is 5.98. The van der Waals surface area contributed by atoms with Crippen molar-refractivity contribution in [3.05, 3.63) is 12.2 Å². The van der Waals surface area contributed by atoms with Crippen molar-refractivity contribution in [1.82, 2.24) is 10.1 Å². The van der Waals surface area contributed by atoms with Crippen LogP contribution in [0.5, 0.6) is 0 Å². The van der Waals surface area contributed by atoms with Crippen LogP contribution in [0.2, 0.25) is 0 Å². The molecular formula is C4H4N2O2. The Morgan fingerprint density at radius 1 is 1.88 bits per heavy atom. The Morgan fingerprint density at radius 2 is 2.62 bits per heavy atom. The van der Waals surface area contributed by atoms with Crippen molar-refractivity contribution in [3.8, 4) is 0 Å². The van der Waals surface area contributed by atoms with Crippen LogP contribution < -0.4 is 0 Å². The van der Waals surface area contributed by atoms with E-state index in [-0.39, 0.29) is 11.7 Å². The third-order valence-electron chi connectivity index (χ3n) is 0.662. The third-order valence-corrected chi connectivity index (χ3v) is 0.662. The molecule has 0 aliphatic rings. The van der Waals surface area contributed by atoms with Crippen LogP contribution in [0.15, 0.2) is 10.9 Å². The van der Waals surface area contributed by atoms with E-state index in [1.54, 1.807) is 0 Å². The van der Waals surface area contributed by atoms with Crippen LogP contribution in [0.4, 0.5) is 0 Å². The lowest BCUT2D eigenvalue weighted by Gasteiger charge is -1.75. The third kappa shape index (κ3) is 0.726. The normalized spacial score (nSPS) is 9.12. The van der Waals surface area contributed by atoms with Gasteiger partial charge in [-0.3, -0.25) is 4.79 Å². The lowest BCUT2D eigenvalue weighted by molar-refractivity contribution is 0.0972. The van der Waals surface area contributed by atoms with Gasteiger partial charge in [0.25, 0.3) is 5.89 Å². The summed E-state index contributed by atoms with van der Waals surface area (Å²) in [6.45, 7) is 1.37. The van der Waals surface area contributed by atoms with Crippen LogP contribution in [0, 0.1) is 0 Å². The van der Waals surface area contributed by atoms with Gasteiger partial charge in [-0.25, -0.2) is 0 Å². The highest BCUT2D eigenvalue weighted by atomic mass is 16.5. The Kier molecular flexibility index (Phi) is 1.07. The predicted molar refractivity (Wildman–Crippen MR) is 24.3 cm³/mol. The van der Waals surface area contributed by atoms with Gasteiger partial charge < -0.3 is 4.52 Å². The molecule has 1 aromatic rings. The predicted octanol–water partition coefficient (Wildman–Crippen LogP) is 0.272. The summed E-state index contributed by atoms with van der Waals surface area (Å²) in [7, 11) is 0. The fraction of sp³-hybridized carbons (Fsp3) is 0.250. The smallest absolute Gasteiger partial charge is 0.293 e. The second-order valence-electron chi connectivity index (χ2n) is 1.30. The van der Waals surface area contributed by atoms with Gasteiger partial charge in [0.15, 0.2) is 6.33 Å². The first-order valence-electron chi connectivity index (χ1n) is 2.08. The van der Waals surface area contributed by atoms with Gasteiger partial charge in [-0.05, 0) is 0 Å². The standard InChI is InChI=1S/C4H4N2O2/c1-3(7)4-5-2-6-8-4/h2H,1H3. The molecule has 0 saturated carbocycles. The summed E-state index contributed by atoms with van der Waals surface area (Å²) >= 11 is 0. The van der Waals surface area contributed by atoms with Gasteiger partial charge in [0.1, 0.15) is 0 Å². The first-order chi connectivity index (χ1) is 3.80. The number of carbonyl (C=O) groups excluding carboxylic acids is 1. The summed E-state index contributed by atoms with van der Waals surface area (Å²) in [6, 6.07) is 0. The maximum absolute atomic E-state index is 10.3. The lowest BCUT2D eigenvalue weighted by atomic mass is 10.5. The number of aromatic nitrogens is 2. The van der Waals surface area contributed by atoms with Gasteiger partial charge in [0, 0.05) is 6.92 Å². The van der Waals surface area contributed by atoms with E-state index >= 15 is 0 Å². The highest BCUT2D eigenvalue weighted by Gasteiger charge is 2.01. The molecule has 0 N–H and O–H groups in total. The molecule has 4 heteroatoms. The highest BCUT2D eigenvalue weighted by Crippen LogP contribution is 1.89. The van der Waals surface area contributed by atoms with Crippen LogP contribution in [-0.4, -0.2) is 15.9 Å². The van der Waals surface area contributed by atoms with Crippen LogP contribution in [-0.2, 0) is 0 Å². The summed E-state index contributed by atoms with van der Waals surface area (Å²) in [5.74, 6) is -0.146. The van der Waals surface area contributed by atoms with Crippen molar-refractivity contribution in [3.63, 3.8) is 0 Å². The molecule has 8 heavy (non-hydrogen) atoms. The number of nitrogens with zero attached hydrogens (tertiary/aromatic N) is 2. The molecule has 0 unspecified atom stereocenters. The van der Waals surface area contributed by atoms with E-state index in [1.165, 1.54) is 13.3 Å². The molecule has 42 valence electrons. The van der Waals surface area contributed by atoms with Crippen LogP contribution in [0.25, 0.3) is 0 Å². The summed E-state index contributed by atoms with van der Waals surface area (Å²) in [4.78, 5) is 13.8. The van der Waals surface area contributed by atoms with Crippen molar-refractivity contribution < 1.29 is 9.32 Å². The Balaban J connectivity index is 2.93. The Morgan fingerprint density at radius 3 is 2.88 bits per heavy atom. The summed E-state index contributed by atoms with van der Waals surface area (Å²) in [5, 5.41) is 3.24. The van der Waals surface area contributed by atoms with Crippen molar-refractivity contribution in [2.45, 2.75) is 6.92 Å². The number of Topliss-reactive ketones (excluding diaryl/α,β-unsaturated/α-hetero) is 1. The molecule has 0 radical (unpaired) electrons. The zero-order valence-corrected chi connectivity index (χ0v) is 4.29. The maximum atomic E-state index is 10.3. The molecule has 0 atom stereocenters. The van der Waals surface area contributed by atoms with Gasteiger partial charge in [-0.15, -0.1) is 0 Å². The number of hydrogen-bond donors (Lipinski definition) is 0. The van der Waals surface area contributed by atoms with Crippen molar-refractivity contribution in [2.75, 3.05) is 0 Å². The van der Waals surface area contributed by atoms with E-state index in [1.807, 2.05) is 0 Å². The summed E-state index contributed by atoms with van der Waals surface area (Å²) in [5.41, 5.74) is 0. The average molecular weight is 112 g/mol. The first kappa shape index (κ1) is 4.96. The maximum Gasteiger partial charge on any atom is 0.293 e. The topological polar surface area (TPSA) is 56.0 Å². The Bertz CT molecular complexity index is 180. The monoisotopic (exact) mass is 112 g/mol. The number of carbonyl (C=O) groups is 1. The van der Waals surface area contributed by atoms with Crippen LogP contribution in [0.3, 0.4) is 0 Å². The van der Waals surface area contributed by atoms with Crippen molar-refractivity contribution in [2.24, 2.45) is 0 Å². The second kappa shape index (κ2) is 1.73. The van der Waals surface area contributed by atoms with Crippen LogP contribution in [0.1, 0.15) is 17.6 Å². The summed E-state index contributed by atoms with van der Waals surface area (Å²) in [6.07, 6.45) is 1.19.